The minimum absolute atomic E-state index is 0.0345. The molecule has 0 aliphatic heterocycles. The van der Waals surface area contributed by atoms with Crippen LogP contribution in [0.25, 0.3) is 10.1 Å². The first-order chi connectivity index (χ1) is 8.02. The average molecular weight is 266 g/mol. The summed E-state index contributed by atoms with van der Waals surface area (Å²) in [6.07, 6.45) is 5.86. The van der Waals surface area contributed by atoms with E-state index in [0.717, 1.165) is 22.9 Å². The van der Waals surface area contributed by atoms with Gasteiger partial charge in [0.2, 0.25) is 0 Å². The molecule has 17 heavy (non-hydrogen) atoms. The molecule has 5 heteroatoms. The Morgan fingerprint density at radius 2 is 2.24 bits per heavy atom. The van der Waals surface area contributed by atoms with Crippen LogP contribution in [0, 0.1) is 5.41 Å². The Hall–Kier alpha value is -0.810. The van der Waals surface area contributed by atoms with Crippen molar-refractivity contribution in [3.63, 3.8) is 0 Å². The van der Waals surface area contributed by atoms with Crippen LogP contribution in [-0.2, 0) is 12.8 Å². The summed E-state index contributed by atoms with van der Waals surface area (Å²) in [5, 5.41) is 5.27. The second-order valence-electron chi connectivity index (χ2n) is 5.27. The molecule has 3 rings (SSSR count). The molecule has 1 aliphatic rings. The standard InChI is InChI=1S/C12H14N2OS2/c1-12(2)4-7-8-6-13-14(16-3)11(15)10(8)17-9(7)5-12/h6H,4-5H2,1-3H3. The van der Waals surface area contributed by atoms with Gasteiger partial charge in [-0.15, -0.1) is 11.3 Å². The van der Waals surface area contributed by atoms with Gasteiger partial charge in [0, 0.05) is 16.5 Å². The van der Waals surface area contributed by atoms with E-state index < -0.39 is 0 Å². The number of fused-ring (bicyclic) bond motifs is 3. The summed E-state index contributed by atoms with van der Waals surface area (Å²) in [4.78, 5) is 13.5. The molecule has 0 N–H and O–H groups in total. The molecular formula is C12H14N2OS2. The van der Waals surface area contributed by atoms with Crippen molar-refractivity contribution >= 4 is 33.4 Å². The van der Waals surface area contributed by atoms with Gasteiger partial charge < -0.3 is 0 Å². The van der Waals surface area contributed by atoms with Crippen LogP contribution in [0.2, 0.25) is 0 Å². The molecule has 0 unspecified atom stereocenters. The summed E-state index contributed by atoms with van der Waals surface area (Å²) in [5.74, 6) is 0. The fourth-order valence-electron chi connectivity index (χ4n) is 2.51. The van der Waals surface area contributed by atoms with Gasteiger partial charge in [0.25, 0.3) is 5.56 Å². The molecular weight excluding hydrogens is 252 g/mol. The van der Waals surface area contributed by atoms with Gasteiger partial charge in [0.15, 0.2) is 0 Å². The highest BCUT2D eigenvalue weighted by molar-refractivity contribution is 7.97. The third-order valence-corrected chi connectivity index (χ3v) is 5.10. The van der Waals surface area contributed by atoms with Gasteiger partial charge in [0.05, 0.1) is 6.20 Å². The monoisotopic (exact) mass is 266 g/mol. The van der Waals surface area contributed by atoms with E-state index in [1.165, 1.54) is 26.5 Å². The van der Waals surface area contributed by atoms with Crippen LogP contribution in [0.3, 0.4) is 0 Å². The molecule has 0 radical (unpaired) electrons. The zero-order valence-electron chi connectivity index (χ0n) is 10.1. The lowest BCUT2D eigenvalue weighted by Gasteiger charge is -2.15. The Labute approximate surface area is 108 Å². The normalized spacial score (nSPS) is 17.6. The quantitative estimate of drug-likeness (QED) is 0.796. The highest BCUT2D eigenvalue weighted by Gasteiger charge is 2.32. The van der Waals surface area contributed by atoms with Crippen LogP contribution in [0.1, 0.15) is 24.3 Å². The largest absolute Gasteiger partial charge is 0.295 e. The van der Waals surface area contributed by atoms with Crippen molar-refractivity contribution in [3.8, 4) is 0 Å². The molecule has 0 atom stereocenters. The van der Waals surface area contributed by atoms with Gasteiger partial charge >= 0.3 is 0 Å². The van der Waals surface area contributed by atoms with Crippen molar-refractivity contribution in [1.29, 1.82) is 0 Å². The molecule has 90 valence electrons. The van der Waals surface area contributed by atoms with Crippen molar-refractivity contribution in [1.82, 2.24) is 9.19 Å². The second-order valence-corrected chi connectivity index (χ2v) is 7.09. The maximum Gasteiger partial charge on any atom is 0.295 e. The van der Waals surface area contributed by atoms with E-state index in [2.05, 4.69) is 18.9 Å². The summed E-state index contributed by atoms with van der Waals surface area (Å²) in [5.41, 5.74) is 1.73. The number of hydrogen-bond donors (Lipinski definition) is 0. The molecule has 2 aromatic rings. The number of hydrogen-bond acceptors (Lipinski definition) is 4. The highest BCUT2D eigenvalue weighted by Crippen LogP contribution is 2.43. The molecule has 0 saturated heterocycles. The van der Waals surface area contributed by atoms with Crippen LogP contribution >= 0.6 is 23.3 Å². The van der Waals surface area contributed by atoms with Gasteiger partial charge in [-0.1, -0.05) is 13.8 Å². The molecule has 3 nitrogen and oxygen atoms in total. The van der Waals surface area contributed by atoms with Crippen molar-refractivity contribution in [2.24, 2.45) is 5.41 Å². The second kappa shape index (κ2) is 3.59. The minimum atomic E-state index is 0.0345. The summed E-state index contributed by atoms with van der Waals surface area (Å²) in [7, 11) is 0. The van der Waals surface area contributed by atoms with E-state index in [4.69, 9.17) is 0 Å². The van der Waals surface area contributed by atoms with Crippen LogP contribution in [0.5, 0.6) is 0 Å². The van der Waals surface area contributed by atoms with Gasteiger partial charge in [-0.2, -0.15) is 9.19 Å². The molecule has 1 aliphatic carbocycles. The first-order valence-corrected chi connectivity index (χ1v) is 7.59. The van der Waals surface area contributed by atoms with E-state index >= 15 is 0 Å². The number of thiophene rings is 1. The van der Waals surface area contributed by atoms with E-state index in [1.807, 2.05) is 12.5 Å². The first kappa shape index (κ1) is 11.3. The lowest BCUT2D eigenvalue weighted by Crippen LogP contribution is -2.16. The topological polar surface area (TPSA) is 34.9 Å². The summed E-state index contributed by atoms with van der Waals surface area (Å²) in [6, 6.07) is 0. The Bertz CT molecular complexity index is 654. The van der Waals surface area contributed by atoms with Crippen LogP contribution < -0.4 is 5.56 Å². The van der Waals surface area contributed by atoms with E-state index in [-0.39, 0.29) is 5.56 Å². The summed E-state index contributed by atoms with van der Waals surface area (Å²) < 4.78 is 2.33. The van der Waals surface area contributed by atoms with Crippen LogP contribution in [0.4, 0.5) is 0 Å². The van der Waals surface area contributed by atoms with E-state index in [9.17, 15) is 4.79 Å². The van der Waals surface area contributed by atoms with Crippen molar-refractivity contribution < 1.29 is 0 Å². The fraction of sp³-hybridized carbons (Fsp3) is 0.500. The molecule has 0 fully saturated rings. The van der Waals surface area contributed by atoms with Crippen molar-refractivity contribution in [2.45, 2.75) is 26.7 Å². The lowest BCUT2D eigenvalue weighted by molar-refractivity contribution is 0.394. The van der Waals surface area contributed by atoms with Crippen molar-refractivity contribution in [3.05, 3.63) is 27.0 Å². The number of rotatable bonds is 1. The van der Waals surface area contributed by atoms with Crippen LogP contribution in [0.15, 0.2) is 11.0 Å². The first-order valence-electron chi connectivity index (χ1n) is 5.59. The van der Waals surface area contributed by atoms with Crippen LogP contribution in [-0.4, -0.2) is 15.4 Å². The Kier molecular flexibility index (Phi) is 2.38. The van der Waals surface area contributed by atoms with Gasteiger partial charge in [-0.3, -0.25) is 4.79 Å². The summed E-state index contributed by atoms with van der Waals surface area (Å²) in [6.45, 7) is 4.56. The van der Waals surface area contributed by atoms with Gasteiger partial charge in [-0.05, 0) is 35.8 Å². The smallest absolute Gasteiger partial charge is 0.265 e. The Morgan fingerprint density at radius 3 is 2.94 bits per heavy atom. The van der Waals surface area contributed by atoms with E-state index in [1.54, 1.807) is 11.3 Å². The summed E-state index contributed by atoms with van der Waals surface area (Å²) >= 11 is 3.01. The predicted molar refractivity (Wildman–Crippen MR) is 74.0 cm³/mol. The maximum atomic E-state index is 12.1. The molecule has 0 amide bonds. The highest BCUT2D eigenvalue weighted by atomic mass is 32.2. The molecule has 2 heterocycles. The zero-order chi connectivity index (χ0) is 12.2. The predicted octanol–water partition coefficient (Wildman–Crippen LogP) is 2.71. The molecule has 0 spiro atoms. The Balaban J connectivity index is 2.27. The minimum Gasteiger partial charge on any atom is -0.265 e. The van der Waals surface area contributed by atoms with Crippen molar-refractivity contribution in [2.75, 3.05) is 6.26 Å². The molecule has 2 aromatic heterocycles. The number of nitrogens with zero attached hydrogens (tertiary/aromatic N) is 2. The van der Waals surface area contributed by atoms with E-state index in [0.29, 0.717) is 5.41 Å². The third-order valence-electron chi connectivity index (χ3n) is 3.26. The average Bonchev–Trinajstić information content (AvgIpc) is 2.72. The fourth-order valence-corrected chi connectivity index (χ4v) is 4.44. The Morgan fingerprint density at radius 1 is 1.47 bits per heavy atom. The molecule has 0 bridgehead atoms. The van der Waals surface area contributed by atoms with Gasteiger partial charge in [-0.25, -0.2) is 0 Å². The maximum absolute atomic E-state index is 12.1. The molecule has 0 aromatic carbocycles. The molecule has 0 saturated carbocycles. The number of aromatic nitrogens is 2. The zero-order valence-corrected chi connectivity index (χ0v) is 11.7. The van der Waals surface area contributed by atoms with Gasteiger partial charge in [0.1, 0.15) is 4.70 Å². The lowest BCUT2D eigenvalue weighted by atomic mass is 9.90. The third kappa shape index (κ3) is 1.64. The SMILES string of the molecule is CSn1ncc2c3c(sc2c1=O)CC(C)(C)C3.